The van der Waals surface area contributed by atoms with Gasteiger partial charge in [-0.2, -0.15) is 0 Å². The minimum atomic E-state index is -0.0929. The fourth-order valence-corrected chi connectivity index (χ4v) is 1.58. The lowest BCUT2D eigenvalue weighted by molar-refractivity contribution is 0.0956. The first-order chi connectivity index (χ1) is 8.69. The molecule has 1 amide bonds. The first-order valence-corrected chi connectivity index (χ1v) is 6.21. The number of nitrogens with one attached hydrogen (secondary N) is 2. The molecule has 1 aromatic rings. The van der Waals surface area contributed by atoms with Gasteiger partial charge in [-0.05, 0) is 38.5 Å². The summed E-state index contributed by atoms with van der Waals surface area (Å²) >= 11 is 0. The smallest absolute Gasteiger partial charge is 0.251 e. The minimum Gasteiger partial charge on any atom is -0.397 e. The van der Waals surface area contributed by atoms with Gasteiger partial charge >= 0.3 is 0 Å². The summed E-state index contributed by atoms with van der Waals surface area (Å²) in [5, 5.41) is 5.98. The number of allylic oxidation sites excluding steroid dienone is 1. The number of nitrogen functional groups attached to an aromatic ring is 1. The van der Waals surface area contributed by atoms with Crippen LogP contribution in [0, 0.1) is 0 Å². The third kappa shape index (κ3) is 4.13. The highest BCUT2D eigenvalue weighted by atomic mass is 16.1. The molecule has 0 heterocycles. The van der Waals surface area contributed by atoms with E-state index in [4.69, 9.17) is 5.73 Å². The van der Waals surface area contributed by atoms with E-state index >= 15 is 0 Å². The highest BCUT2D eigenvalue weighted by molar-refractivity contribution is 5.96. The molecule has 0 saturated carbocycles. The molecule has 0 atom stereocenters. The summed E-state index contributed by atoms with van der Waals surface area (Å²) in [5.41, 5.74) is 7.97. The second-order valence-corrected chi connectivity index (χ2v) is 3.95. The van der Waals surface area contributed by atoms with E-state index in [9.17, 15) is 4.79 Å². The van der Waals surface area contributed by atoms with Gasteiger partial charge in [0, 0.05) is 18.7 Å². The monoisotopic (exact) mass is 247 g/mol. The maximum atomic E-state index is 11.6. The minimum absolute atomic E-state index is 0.0929. The number of hydrogen-bond acceptors (Lipinski definition) is 3. The summed E-state index contributed by atoms with van der Waals surface area (Å²) in [6.07, 6.45) is 5.06. The largest absolute Gasteiger partial charge is 0.397 e. The fourth-order valence-electron chi connectivity index (χ4n) is 1.58. The molecule has 4 N–H and O–H groups in total. The molecule has 98 valence electrons. The fraction of sp³-hybridized carbons (Fsp3) is 0.357. The van der Waals surface area contributed by atoms with Crippen LogP contribution >= 0.6 is 0 Å². The molecule has 0 unspecified atom stereocenters. The van der Waals surface area contributed by atoms with Gasteiger partial charge in [0.05, 0.1) is 11.4 Å². The Morgan fingerprint density at radius 1 is 1.44 bits per heavy atom. The average molecular weight is 247 g/mol. The molecule has 4 nitrogen and oxygen atoms in total. The predicted molar refractivity (Wildman–Crippen MR) is 76.8 cm³/mol. The molecule has 18 heavy (non-hydrogen) atoms. The van der Waals surface area contributed by atoms with Crippen LogP contribution in [0.5, 0.6) is 0 Å². The van der Waals surface area contributed by atoms with Gasteiger partial charge in [-0.1, -0.05) is 12.2 Å². The topological polar surface area (TPSA) is 67.2 Å². The number of rotatable bonds is 6. The van der Waals surface area contributed by atoms with Gasteiger partial charge in [0.2, 0.25) is 0 Å². The van der Waals surface area contributed by atoms with Crippen LogP contribution in [0.4, 0.5) is 11.4 Å². The van der Waals surface area contributed by atoms with E-state index in [0.29, 0.717) is 17.8 Å². The third-order valence-electron chi connectivity index (χ3n) is 2.51. The summed E-state index contributed by atoms with van der Waals surface area (Å²) in [7, 11) is 0. The zero-order chi connectivity index (χ0) is 13.4. The molecule has 1 rings (SSSR count). The van der Waals surface area contributed by atoms with Crippen LogP contribution in [0.2, 0.25) is 0 Å². The van der Waals surface area contributed by atoms with Crippen molar-refractivity contribution in [1.82, 2.24) is 5.32 Å². The number of benzene rings is 1. The molecular formula is C14H21N3O. The number of carbonyl (C=O) groups is 1. The van der Waals surface area contributed by atoms with Gasteiger partial charge in [0.25, 0.3) is 5.91 Å². The van der Waals surface area contributed by atoms with Gasteiger partial charge in [0.15, 0.2) is 0 Å². The van der Waals surface area contributed by atoms with Crippen molar-refractivity contribution in [2.24, 2.45) is 0 Å². The summed E-state index contributed by atoms with van der Waals surface area (Å²) in [6.45, 7) is 5.32. The maximum Gasteiger partial charge on any atom is 0.251 e. The van der Waals surface area contributed by atoms with Crippen LogP contribution < -0.4 is 16.4 Å². The molecule has 0 spiro atoms. The van der Waals surface area contributed by atoms with Crippen molar-refractivity contribution in [3.8, 4) is 0 Å². The van der Waals surface area contributed by atoms with Crippen molar-refractivity contribution in [2.75, 3.05) is 24.1 Å². The zero-order valence-corrected chi connectivity index (χ0v) is 11.0. The number of amides is 1. The van der Waals surface area contributed by atoms with Gasteiger partial charge in [0.1, 0.15) is 0 Å². The van der Waals surface area contributed by atoms with Crippen LogP contribution in [0.15, 0.2) is 30.4 Å². The molecular weight excluding hydrogens is 226 g/mol. The molecule has 0 radical (unpaired) electrons. The first kappa shape index (κ1) is 14.1. The molecule has 1 aromatic carbocycles. The highest BCUT2D eigenvalue weighted by Gasteiger charge is 2.06. The average Bonchev–Trinajstić information content (AvgIpc) is 2.36. The van der Waals surface area contributed by atoms with Crippen molar-refractivity contribution in [1.29, 1.82) is 0 Å². The predicted octanol–water partition coefficient (Wildman–Crippen LogP) is 2.40. The molecule has 0 aromatic heterocycles. The standard InChI is InChI=1S/C14H21N3O/c1-3-5-6-9-17-13-8-7-11(10-12(13)15)14(18)16-4-2/h3,5,7-8,10,17H,4,6,9,15H2,1-2H3,(H,16,18)/b5-3+. The second kappa shape index (κ2) is 7.37. The SMILES string of the molecule is C/C=C/CCNc1ccc(C(=O)NCC)cc1N. The Bertz CT molecular complexity index is 427. The molecule has 0 saturated heterocycles. The number of anilines is 2. The Balaban J connectivity index is 2.64. The highest BCUT2D eigenvalue weighted by Crippen LogP contribution is 2.19. The van der Waals surface area contributed by atoms with Crippen LogP contribution in [0.3, 0.4) is 0 Å². The summed E-state index contributed by atoms with van der Waals surface area (Å²) in [4.78, 5) is 11.6. The summed E-state index contributed by atoms with van der Waals surface area (Å²) in [5.74, 6) is -0.0929. The molecule has 4 heteroatoms. The van der Waals surface area contributed by atoms with E-state index in [1.807, 2.05) is 26.0 Å². The quantitative estimate of drug-likeness (QED) is 0.411. The number of nitrogens with two attached hydrogens (primary N) is 1. The molecule has 0 bridgehead atoms. The van der Waals surface area contributed by atoms with E-state index in [2.05, 4.69) is 16.7 Å². The van der Waals surface area contributed by atoms with Gasteiger partial charge in [-0.25, -0.2) is 0 Å². The van der Waals surface area contributed by atoms with E-state index in [-0.39, 0.29) is 5.91 Å². The van der Waals surface area contributed by atoms with Crippen LogP contribution in [0.1, 0.15) is 30.6 Å². The first-order valence-electron chi connectivity index (χ1n) is 6.21. The Labute approximate surface area is 108 Å². The lowest BCUT2D eigenvalue weighted by Gasteiger charge is -2.10. The van der Waals surface area contributed by atoms with Gasteiger partial charge in [-0.15, -0.1) is 0 Å². The number of hydrogen-bond donors (Lipinski definition) is 3. The normalized spacial score (nSPS) is 10.6. The zero-order valence-electron chi connectivity index (χ0n) is 11.0. The Morgan fingerprint density at radius 3 is 2.83 bits per heavy atom. The van der Waals surface area contributed by atoms with Crippen LogP contribution in [0.25, 0.3) is 0 Å². The van der Waals surface area contributed by atoms with E-state index in [1.54, 1.807) is 12.1 Å². The second-order valence-electron chi connectivity index (χ2n) is 3.95. The lowest BCUT2D eigenvalue weighted by atomic mass is 10.1. The molecule has 0 aliphatic rings. The van der Waals surface area contributed by atoms with Gasteiger partial charge < -0.3 is 16.4 Å². The Hall–Kier alpha value is -1.97. The summed E-state index contributed by atoms with van der Waals surface area (Å²) in [6, 6.07) is 5.32. The van der Waals surface area contributed by atoms with Crippen molar-refractivity contribution < 1.29 is 4.79 Å². The summed E-state index contributed by atoms with van der Waals surface area (Å²) < 4.78 is 0. The van der Waals surface area contributed by atoms with E-state index in [0.717, 1.165) is 18.7 Å². The third-order valence-corrected chi connectivity index (χ3v) is 2.51. The van der Waals surface area contributed by atoms with Crippen LogP contribution in [-0.4, -0.2) is 19.0 Å². The molecule has 0 aliphatic heterocycles. The Kier molecular flexibility index (Phi) is 5.77. The van der Waals surface area contributed by atoms with E-state index in [1.165, 1.54) is 0 Å². The van der Waals surface area contributed by atoms with Crippen molar-refractivity contribution in [3.63, 3.8) is 0 Å². The van der Waals surface area contributed by atoms with E-state index < -0.39 is 0 Å². The van der Waals surface area contributed by atoms with Gasteiger partial charge in [-0.3, -0.25) is 4.79 Å². The maximum absolute atomic E-state index is 11.6. The van der Waals surface area contributed by atoms with Crippen molar-refractivity contribution in [2.45, 2.75) is 20.3 Å². The van der Waals surface area contributed by atoms with Crippen LogP contribution in [-0.2, 0) is 0 Å². The number of carbonyl (C=O) groups excluding carboxylic acids is 1. The molecule has 0 aliphatic carbocycles. The van der Waals surface area contributed by atoms with Crippen molar-refractivity contribution in [3.05, 3.63) is 35.9 Å². The Morgan fingerprint density at radius 2 is 2.22 bits per heavy atom. The van der Waals surface area contributed by atoms with Crippen molar-refractivity contribution >= 4 is 17.3 Å². The molecule has 0 fully saturated rings. The lowest BCUT2D eigenvalue weighted by Crippen LogP contribution is -2.22.